The van der Waals surface area contributed by atoms with E-state index in [0.29, 0.717) is 11.5 Å². The van der Waals surface area contributed by atoms with Crippen LogP contribution in [0.15, 0.2) is 24.3 Å². The van der Waals surface area contributed by atoms with Gasteiger partial charge in [-0.3, -0.25) is 9.89 Å². The van der Waals surface area contributed by atoms with Crippen molar-refractivity contribution in [1.82, 2.24) is 15.2 Å². The molecule has 0 saturated heterocycles. The predicted octanol–water partition coefficient (Wildman–Crippen LogP) is 5.24. The van der Waals surface area contributed by atoms with Crippen molar-refractivity contribution < 1.29 is 9.53 Å². The van der Waals surface area contributed by atoms with E-state index in [4.69, 9.17) is 4.74 Å². The second-order valence-corrected chi connectivity index (χ2v) is 10.4. The number of benzene rings is 1. The third kappa shape index (κ3) is 3.85. The van der Waals surface area contributed by atoms with E-state index in [0.717, 1.165) is 66.5 Å². The van der Waals surface area contributed by atoms with Gasteiger partial charge in [0.1, 0.15) is 5.69 Å². The number of carbonyl (C=O) groups excluding carboxylic acids is 1. The number of ether oxygens (including phenoxy) is 1. The number of aromatic nitrogens is 3. The normalized spacial score (nSPS) is 22.6. The molecule has 5 rings (SSSR count). The molecule has 1 aromatic carbocycles. The lowest BCUT2D eigenvalue weighted by atomic mass is 9.76. The number of anilines is 1. The molecule has 2 aliphatic rings. The van der Waals surface area contributed by atoms with Crippen LogP contribution in [0.5, 0.6) is 0 Å². The molecule has 1 fully saturated rings. The lowest BCUT2D eigenvalue weighted by molar-refractivity contribution is -0.123. The molecule has 0 atom stereocenters. The van der Waals surface area contributed by atoms with Gasteiger partial charge in [-0.1, -0.05) is 19.9 Å². The van der Waals surface area contributed by atoms with Crippen LogP contribution in [0.2, 0.25) is 0 Å². The van der Waals surface area contributed by atoms with E-state index in [1.54, 1.807) is 7.11 Å². The first-order valence-electron chi connectivity index (χ1n) is 11.8. The largest absolute Gasteiger partial charge is 0.381 e. The topological polar surface area (TPSA) is 74.0 Å². The average Bonchev–Trinajstić information content (AvgIpc) is 3.40. The number of fused-ring (bicyclic) bond motifs is 2. The van der Waals surface area contributed by atoms with E-state index < -0.39 is 0 Å². The lowest BCUT2D eigenvalue weighted by Gasteiger charge is -2.30. The molecule has 6 heteroatoms. The van der Waals surface area contributed by atoms with Gasteiger partial charge in [-0.15, -0.1) is 0 Å². The Morgan fingerprint density at radius 1 is 1.19 bits per heavy atom. The molecule has 0 bridgehead atoms. The molecule has 2 aromatic heterocycles. The molecule has 0 radical (unpaired) electrons. The summed E-state index contributed by atoms with van der Waals surface area (Å²) >= 11 is 0. The van der Waals surface area contributed by atoms with E-state index in [2.05, 4.69) is 47.2 Å². The second kappa shape index (κ2) is 8.07. The van der Waals surface area contributed by atoms with Gasteiger partial charge in [-0.2, -0.15) is 5.10 Å². The number of nitrogens with one attached hydrogen (secondary N) is 2. The molecule has 6 nitrogen and oxygen atoms in total. The van der Waals surface area contributed by atoms with Gasteiger partial charge in [0.05, 0.1) is 11.8 Å². The average molecular weight is 435 g/mol. The summed E-state index contributed by atoms with van der Waals surface area (Å²) in [6.45, 7) is 4.64. The number of amides is 1. The van der Waals surface area contributed by atoms with E-state index in [9.17, 15) is 4.79 Å². The summed E-state index contributed by atoms with van der Waals surface area (Å²) in [6, 6.07) is 8.39. The lowest BCUT2D eigenvalue weighted by Crippen LogP contribution is -2.36. The van der Waals surface area contributed by atoms with Crippen LogP contribution in [0, 0.1) is 11.3 Å². The molecule has 3 aromatic rings. The summed E-state index contributed by atoms with van der Waals surface area (Å²) in [7, 11) is 3.65. The minimum absolute atomic E-state index is 0.0844. The Labute approximate surface area is 189 Å². The fourth-order valence-corrected chi connectivity index (χ4v) is 5.47. The van der Waals surface area contributed by atoms with E-state index >= 15 is 0 Å². The predicted molar refractivity (Wildman–Crippen MR) is 128 cm³/mol. The Balaban J connectivity index is 1.37. The number of methoxy groups -OCH3 is 1. The van der Waals surface area contributed by atoms with Crippen LogP contribution >= 0.6 is 0 Å². The maximum absolute atomic E-state index is 13.1. The van der Waals surface area contributed by atoms with Gasteiger partial charge in [0, 0.05) is 47.9 Å². The zero-order valence-electron chi connectivity index (χ0n) is 19.6. The Morgan fingerprint density at radius 3 is 2.72 bits per heavy atom. The summed E-state index contributed by atoms with van der Waals surface area (Å²) in [6.07, 6.45) is 7.30. The van der Waals surface area contributed by atoms with Crippen LogP contribution in [0.4, 0.5) is 5.69 Å². The Bertz CT molecular complexity index is 1130. The Hall–Kier alpha value is -2.60. The first-order valence-corrected chi connectivity index (χ1v) is 11.8. The quantitative estimate of drug-likeness (QED) is 0.590. The first kappa shape index (κ1) is 21.3. The second-order valence-electron chi connectivity index (χ2n) is 10.4. The van der Waals surface area contributed by atoms with Crippen molar-refractivity contribution in [2.45, 2.75) is 64.9 Å². The number of H-pyrrole nitrogens is 2. The standard InChI is InChI=1S/C26H34N4O2/c1-26(2)12-11-20-23(15-26)28-29-24(20)22-13-17-5-8-18(14-21(17)27-22)30(3)25(31)16-6-9-19(32-4)10-7-16/h5,8,13-14,16,19,27H,6-7,9-12,15H2,1-4H3,(H,28,29)/t16-,19-. The molecule has 1 amide bonds. The highest BCUT2D eigenvalue weighted by Gasteiger charge is 2.30. The van der Waals surface area contributed by atoms with Gasteiger partial charge in [0.2, 0.25) is 5.91 Å². The number of carbonyl (C=O) groups is 1. The summed E-state index contributed by atoms with van der Waals surface area (Å²) in [5.41, 5.74) is 6.98. The monoisotopic (exact) mass is 434 g/mol. The van der Waals surface area contributed by atoms with Crippen molar-refractivity contribution in [2.75, 3.05) is 19.1 Å². The number of hydrogen-bond acceptors (Lipinski definition) is 3. The molecule has 0 aliphatic heterocycles. The smallest absolute Gasteiger partial charge is 0.229 e. The third-order valence-corrected chi connectivity index (χ3v) is 7.60. The summed E-state index contributed by atoms with van der Waals surface area (Å²) in [5, 5.41) is 9.08. The third-order valence-electron chi connectivity index (χ3n) is 7.60. The van der Waals surface area contributed by atoms with Crippen molar-refractivity contribution in [3.63, 3.8) is 0 Å². The van der Waals surface area contributed by atoms with Gasteiger partial charge in [0.15, 0.2) is 0 Å². The highest BCUT2D eigenvalue weighted by molar-refractivity contribution is 5.97. The van der Waals surface area contributed by atoms with Crippen LogP contribution in [-0.4, -0.2) is 41.3 Å². The van der Waals surface area contributed by atoms with E-state index in [-0.39, 0.29) is 11.8 Å². The molecule has 170 valence electrons. The highest BCUT2D eigenvalue weighted by atomic mass is 16.5. The van der Waals surface area contributed by atoms with Gasteiger partial charge in [0.25, 0.3) is 0 Å². The van der Waals surface area contributed by atoms with Gasteiger partial charge in [-0.25, -0.2) is 0 Å². The molecule has 0 unspecified atom stereocenters. The van der Waals surface area contributed by atoms with Crippen molar-refractivity contribution >= 4 is 22.5 Å². The van der Waals surface area contributed by atoms with Crippen molar-refractivity contribution in [3.8, 4) is 11.4 Å². The SMILES string of the molecule is CO[C@H]1CC[C@H](C(=O)N(C)c2ccc3cc(-c4n[nH]c5c4CCC(C)(C)C5)[nH]c3c2)CC1. The Kier molecular flexibility index (Phi) is 5.36. The first-order chi connectivity index (χ1) is 15.3. The van der Waals surface area contributed by atoms with Crippen LogP contribution in [0.25, 0.3) is 22.3 Å². The minimum Gasteiger partial charge on any atom is -0.381 e. The molecular formula is C26H34N4O2. The van der Waals surface area contributed by atoms with Gasteiger partial charge in [-0.05, 0) is 68.6 Å². The molecule has 2 N–H and O–H groups in total. The molecule has 0 spiro atoms. The minimum atomic E-state index is 0.0844. The fourth-order valence-electron chi connectivity index (χ4n) is 5.47. The molecular weight excluding hydrogens is 400 g/mol. The van der Waals surface area contributed by atoms with Crippen molar-refractivity contribution in [3.05, 3.63) is 35.5 Å². The summed E-state index contributed by atoms with van der Waals surface area (Å²) in [5.74, 6) is 0.288. The van der Waals surface area contributed by atoms with Crippen molar-refractivity contribution in [2.24, 2.45) is 11.3 Å². The molecule has 2 heterocycles. The van der Waals surface area contributed by atoms with Crippen molar-refractivity contribution in [1.29, 1.82) is 0 Å². The molecule has 32 heavy (non-hydrogen) atoms. The number of aromatic amines is 2. The highest BCUT2D eigenvalue weighted by Crippen LogP contribution is 2.38. The molecule has 1 saturated carbocycles. The summed E-state index contributed by atoms with van der Waals surface area (Å²) < 4.78 is 5.45. The van der Waals surface area contributed by atoms with Crippen LogP contribution in [0.1, 0.15) is 57.2 Å². The van der Waals surface area contributed by atoms with Gasteiger partial charge >= 0.3 is 0 Å². The van der Waals surface area contributed by atoms with E-state index in [1.807, 2.05) is 18.0 Å². The zero-order chi connectivity index (χ0) is 22.5. The summed E-state index contributed by atoms with van der Waals surface area (Å²) in [4.78, 5) is 18.5. The zero-order valence-corrected chi connectivity index (χ0v) is 19.6. The number of nitrogens with zero attached hydrogens (tertiary/aromatic N) is 2. The maximum Gasteiger partial charge on any atom is 0.229 e. The molecule has 2 aliphatic carbocycles. The number of hydrogen-bond donors (Lipinski definition) is 2. The van der Waals surface area contributed by atoms with E-state index in [1.165, 1.54) is 17.7 Å². The van der Waals surface area contributed by atoms with Crippen LogP contribution in [0.3, 0.4) is 0 Å². The van der Waals surface area contributed by atoms with Gasteiger partial charge < -0.3 is 14.6 Å². The maximum atomic E-state index is 13.1. The fraction of sp³-hybridized carbons (Fsp3) is 0.538. The number of rotatable bonds is 4. The van der Waals surface area contributed by atoms with Crippen LogP contribution in [-0.2, 0) is 22.4 Å². The van der Waals surface area contributed by atoms with Crippen LogP contribution < -0.4 is 4.90 Å². The Morgan fingerprint density at radius 2 is 1.97 bits per heavy atom.